The second-order valence-electron chi connectivity index (χ2n) is 8.78. The molecule has 0 N–H and O–H groups in total. The summed E-state index contributed by atoms with van der Waals surface area (Å²) >= 11 is 0. The van der Waals surface area contributed by atoms with Crippen LogP contribution in [0.3, 0.4) is 0 Å². The topological polar surface area (TPSA) is 39.4 Å². The van der Waals surface area contributed by atoms with E-state index in [1.165, 1.54) is 0 Å². The van der Waals surface area contributed by atoms with Crippen LogP contribution in [0.25, 0.3) is 66.1 Å². The smallest absolute Gasteiger partial charge is 0.195 e. The van der Waals surface area contributed by atoms with Crippen LogP contribution < -0.4 is 10.2 Å². The van der Waals surface area contributed by atoms with E-state index >= 15 is 0 Å². The van der Waals surface area contributed by atoms with Crippen molar-refractivity contribution in [3.05, 3.63) is 113 Å². The summed E-state index contributed by atoms with van der Waals surface area (Å²) < 4.78 is 12.4. The van der Waals surface area contributed by atoms with Crippen LogP contribution in [0.15, 0.2) is 112 Å². The lowest BCUT2D eigenvalue weighted by Gasteiger charge is -2.11. The second kappa shape index (κ2) is 7.44. The molecule has 0 amide bonds. The lowest BCUT2D eigenvalue weighted by Crippen LogP contribution is -1.90. The Labute approximate surface area is 201 Å². The Morgan fingerprint density at radius 2 is 1.26 bits per heavy atom. The van der Waals surface area contributed by atoms with Crippen LogP contribution in [0.1, 0.15) is 0 Å². The summed E-state index contributed by atoms with van der Waals surface area (Å²) in [6, 6.07) is 34.4. The molecule has 0 fully saturated rings. The van der Waals surface area contributed by atoms with Gasteiger partial charge in [-0.15, -0.1) is 0 Å². The van der Waals surface area contributed by atoms with Gasteiger partial charge in [0.15, 0.2) is 5.43 Å². The summed E-state index contributed by atoms with van der Waals surface area (Å²) in [7, 11) is 1.67. The summed E-state index contributed by atoms with van der Waals surface area (Å²) in [5.41, 5.74) is 4.92. The SMILES string of the molecule is COc1ccc2ccccc2c1-c1oc2ccc3ccccc3c2c1-c1c(-c2ccccc2)c1=O. The van der Waals surface area contributed by atoms with Crippen molar-refractivity contribution in [1.29, 1.82) is 0 Å². The lowest BCUT2D eigenvalue weighted by molar-refractivity contribution is 0.415. The van der Waals surface area contributed by atoms with Crippen LogP contribution in [0, 0.1) is 0 Å². The zero-order valence-electron chi connectivity index (χ0n) is 19.0. The summed E-state index contributed by atoms with van der Waals surface area (Å²) in [4.78, 5) is 13.4. The van der Waals surface area contributed by atoms with Gasteiger partial charge in [-0.05, 0) is 39.2 Å². The van der Waals surface area contributed by atoms with E-state index in [0.29, 0.717) is 11.5 Å². The molecular formula is C32H20O3. The average molecular weight is 453 g/mol. The number of benzene rings is 5. The highest BCUT2D eigenvalue weighted by molar-refractivity contribution is 6.20. The maximum absolute atomic E-state index is 13.4. The summed E-state index contributed by atoms with van der Waals surface area (Å²) in [6.07, 6.45) is 0. The highest BCUT2D eigenvalue weighted by atomic mass is 16.5. The van der Waals surface area contributed by atoms with E-state index in [9.17, 15) is 4.79 Å². The molecule has 0 aliphatic rings. The van der Waals surface area contributed by atoms with Gasteiger partial charge in [0.25, 0.3) is 0 Å². The fourth-order valence-corrected chi connectivity index (χ4v) is 5.23. The van der Waals surface area contributed by atoms with E-state index in [2.05, 4.69) is 30.3 Å². The predicted octanol–water partition coefficient (Wildman–Crippen LogP) is 7.98. The summed E-state index contributed by atoms with van der Waals surface area (Å²) in [6.45, 7) is 0. The minimum Gasteiger partial charge on any atom is -0.496 e. The van der Waals surface area contributed by atoms with Gasteiger partial charge in [0.2, 0.25) is 0 Å². The predicted molar refractivity (Wildman–Crippen MR) is 143 cm³/mol. The van der Waals surface area contributed by atoms with Crippen LogP contribution >= 0.6 is 0 Å². The van der Waals surface area contributed by atoms with Gasteiger partial charge in [-0.25, -0.2) is 0 Å². The molecule has 0 unspecified atom stereocenters. The van der Waals surface area contributed by atoms with E-state index in [1.54, 1.807) is 7.11 Å². The third-order valence-electron chi connectivity index (χ3n) is 6.87. The summed E-state index contributed by atoms with van der Waals surface area (Å²) in [5.74, 6) is 1.38. The molecule has 7 rings (SSSR count). The molecule has 0 atom stereocenters. The minimum atomic E-state index is 0.0623. The molecule has 7 aromatic rings. The lowest BCUT2D eigenvalue weighted by atomic mass is 9.95. The Morgan fingerprint density at radius 3 is 2.03 bits per heavy atom. The van der Waals surface area contributed by atoms with Gasteiger partial charge < -0.3 is 9.15 Å². The van der Waals surface area contributed by atoms with Crippen molar-refractivity contribution in [2.45, 2.75) is 0 Å². The van der Waals surface area contributed by atoms with Crippen molar-refractivity contribution >= 4 is 32.5 Å². The number of ether oxygens (including phenoxy) is 1. The van der Waals surface area contributed by atoms with E-state index in [4.69, 9.17) is 9.15 Å². The first kappa shape index (κ1) is 19.8. The quantitative estimate of drug-likeness (QED) is 0.272. The highest BCUT2D eigenvalue weighted by Crippen LogP contribution is 2.51. The van der Waals surface area contributed by atoms with Gasteiger partial charge in [0.1, 0.15) is 17.1 Å². The molecule has 1 heterocycles. The van der Waals surface area contributed by atoms with Crippen LogP contribution in [-0.2, 0) is 0 Å². The first-order valence-electron chi connectivity index (χ1n) is 11.6. The fourth-order valence-electron chi connectivity index (χ4n) is 5.23. The van der Waals surface area contributed by atoms with Crippen LogP contribution in [0.4, 0.5) is 0 Å². The second-order valence-corrected chi connectivity index (χ2v) is 8.78. The molecule has 0 aliphatic heterocycles. The van der Waals surface area contributed by atoms with Crippen LogP contribution in [-0.4, -0.2) is 7.11 Å². The maximum atomic E-state index is 13.4. The minimum absolute atomic E-state index is 0.0623. The molecule has 6 aromatic carbocycles. The molecule has 1 aromatic heterocycles. The molecule has 3 nitrogen and oxygen atoms in total. The van der Waals surface area contributed by atoms with Crippen molar-refractivity contribution in [3.63, 3.8) is 0 Å². The normalized spacial score (nSPS) is 11.7. The molecule has 0 spiro atoms. The monoisotopic (exact) mass is 452 g/mol. The Hall–Kier alpha value is -4.63. The number of hydrogen-bond acceptors (Lipinski definition) is 3. The van der Waals surface area contributed by atoms with Gasteiger partial charge in [0, 0.05) is 22.1 Å². The van der Waals surface area contributed by atoms with Crippen LogP contribution in [0.2, 0.25) is 0 Å². The van der Waals surface area contributed by atoms with Gasteiger partial charge in [-0.1, -0.05) is 91.0 Å². The van der Waals surface area contributed by atoms with E-state index in [0.717, 1.165) is 60.3 Å². The highest BCUT2D eigenvalue weighted by Gasteiger charge is 2.33. The molecule has 166 valence electrons. The Morgan fingerprint density at radius 1 is 0.600 bits per heavy atom. The summed E-state index contributed by atoms with van der Waals surface area (Å²) in [5, 5.41) is 5.23. The Bertz CT molecular complexity index is 1900. The van der Waals surface area contributed by atoms with Gasteiger partial charge in [-0.2, -0.15) is 0 Å². The number of rotatable bonds is 4. The van der Waals surface area contributed by atoms with Crippen molar-refractivity contribution in [2.24, 2.45) is 0 Å². The van der Waals surface area contributed by atoms with Gasteiger partial charge in [-0.3, -0.25) is 4.79 Å². The third-order valence-corrected chi connectivity index (χ3v) is 6.87. The van der Waals surface area contributed by atoms with E-state index in [-0.39, 0.29) is 5.43 Å². The van der Waals surface area contributed by atoms with Crippen molar-refractivity contribution in [2.75, 3.05) is 7.11 Å². The number of furan rings is 1. The third kappa shape index (κ3) is 2.88. The number of fused-ring (bicyclic) bond motifs is 4. The molecule has 3 heteroatoms. The largest absolute Gasteiger partial charge is 0.496 e. The molecular weight excluding hydrogens is 432 g/mol. The Kier molecular flexibility index (Phi) is 4.21. The van der Waals surface area contributed by atoms with E-state index < -0.39 is 0 Å². The molecule has 0 bridgehead atoms. The molecule has 0 saturated heterocycles. The molecule has 0 radical (unpaired) electrons. The first-order valence-corrected chi connectivity index (χ1v) is 11.6. The van der Waals surface area contributed by atoms with Gasteiger partial charge in [0.05, 0.1) is 12.7 Å². The zero-order chi connectivity index (χ0) is 23.5. The maximum Gasteiger partial charge on any atom is 0.195 e. The van der Waals surface area contributed by atoms with Gasteiger partial charge >= 0.3 is 0 Å². The van der Waals surface area contributed by atoms with Crippen molar-refractivity contribution < 1.29 is 9.15 Å². The molecule has 0 aliphatic carbocycles. The molecule has 0 saturated carbocycles. The van der Waals surface area contributed by atoms with Crippen molar-refractivity contribution in [1.82, 2.24) is 0 Å². The molecule has 35 heavy (non-hydrogen) atoms. The number of hydrogen-bond donors (Lipinski definition) is 0. The van der Waals surface area contributed by atoms with Crippen LogP contribution in [0.5, 0.6) is 5.75 Å². The number of methoxy groups -OCH3 is 1. The standard InChI is InChI=1S/C32H20O3/c1-34-24-17-15-20-10-6-8-14-23(20)28(24)32-30(29-26(31(29)33)21-11-3-2-4-12-21)27-22-13-7-5-9-19(22)16-18-25(27)35-32/h2-18H,1H3. The first-order chi connectivity index (χ1) is 17.3. The van der Waals surface area contributed by atoms with E-state index in [1.807, 2.05) is 72.8 Å². The van der Waals surface area contributed by atoms with Crippen molar-refractivity contribution in [3.8, 4) is 39.3 Å². The average Bonchev–Trinajstić information content (AvgIpc) is 3.42. The Balaban J connectivity index is 1.65. The fraction of sp³-hybridized carbons (Fsp3) is 0.0312. The zero-order valence-corrected chi connectivity index (χ0v) is 19.0.